The molecule has 1 aliphatic rings. The van der Waals surface area contributed by atoms with Crippen LogP contribution in [0.4, 0.5) is 10.1 Å². The van der Waals surface area contributed by atoms with E-state index in [4.69, 9.17) is 5.14 Å². The molecule has 7 heteroatoms. The number of carbonyl (C=O) groups is 1. The molecular formula is C14H19FN2O3S. The first-order chi connectivity index (χ1) is 9.77. The van der Waals surface area contributed by atoms with Crippen molar-refractivity contribution in [2.24, 2.45) is 17.0 Å². The highest BCUT2D eigenvalue weighted by Crippen LogP contribution is 2.29. The van der Waals surface area contributed by atoms with E-state index < -0.39 is 15.8 Å². The molecule has 1 amide bonds. The van der Waals surface area contributed by atoms with Crippen LogP contribution >= 0.6 is 0 Å². The maximum absolute atomic E-state index is 13.8. The number of rotatable bonds is 3. The molecule has 0 bridgehead atoms. The number of sulfonamides is 1. The number of carbonyl (C=O) groups excluding carboxylic acids is 1. The zero-order valence-electron chi connectivity index (χ0n) is 11.8. The Morgan fingerprint density at radius 1 is 1.29 bits per heavy atom. The second kappa shape index (κ2) is 6.11. The van der Waals surface area contributed by atoms with Crippen molar-refractivity contribution in [2.75, 3.05) is 5.32 Å². The molecule has 1 aliphatic carbocycles. The molecule has 1 aromatic carbocycles. The van der Waals surface area contributed by atoms with Crippen LogP contribution in [0.3, 0.4) is 0 Å². The highest BCUT2D eigenvalue weighted by atomic mass is 32.2. The smallest absolute Gasteiger partial charge is 0.238 e. The van der Waals surface area contributed by atoms with E-state index >= 15 is 0 Å². The van der Waals surface area contributed by atoms with Crippen molar-refractivity contribution in [1.29, 1.82) is 0 Å². The molecule has 0 saturated heterocycles. The van der Waals surface area contributed by atoms with Crippen molar-refractivity contribution in [1.82, 2.24) is 0 Å². The first kappa shape index (κ1) is 15.9. The average Bonchev–Trinajstić information content (AvgIpc) is 2.40. The number of amides is 1. The van der Waals surface area contributed by atoms with Crippen molar-refractivity contribution in [3.05, 3.63) is 24.0 Å². The van der Waals surface area contributed by atoms with E-state index in [1.807, 2.05) is 0 Å². The Labute approximate surface area is 123 Å². The summed E-state index contributed by atoms with van der Waals surface area (Å²) in [4.78, 5) is 11.8. The number of hydrogen-bond donors (Lipinski definition) is 2. The quantitative estimate of drug-likeness (QED) is 0.896. The summed E-state index contributed by atoms with van der Waals surface area (Å²) in [6.45, 7) is 2.15. The molecule has 0 aromatic heterocycles. The fourth-order valence-electron chi connectivity index (χ4n) is 2.53. The second-order valence-corrected chi connectivity index (χ2v) is 7.19. The van der Waals surface area contributed by atoms with E-state index in [9.17, 15) is 17.6 Å². The van der Waals surface area contributed by atoms with Gasteiger partial charge in [-0.3, -0.25) is 4.79 Å². The lowest BCUT2D eigenvalue weighted by atomic mass is 9.82. The third-order valence-electron chi connectivity index (χ3n) is 3.91. The van der Waals surface area contributed by atoms with Crippen LogP contribution in [0.5, 0.6) is 0 Å². The van der Waals surface area contributed by atoms with Crippen LogP contribution in [0.2, 0.25) is 0 Å². The van der Waals surface area contributed by atoms with Crippen LogP contribution in [0, 0.1) is 17.7 Å². The van der Waals surface area contributed by atoms with E-state index in [0.29, 0.717) is 5.92 Å². The van der Waals surface area contributed by atoms with Crippen LogP contribution in [-0.2, 0) is 14.8 Å². The molecular weight excluding hydrogens is 295 g/mol. The summed E-state index contributed by atoms with van der Waals surface area (Å²) < 4.78 is 36.1. The van der Waals surface area contributed by atoms with Crippen LogP contribution in [0.1, 0.15) is 32.6 Å². The Kier molecular flexibility index (Phi) is 4.63. The van der Waals surface area contributed by atoms with Gasteiger partial charge in [0.2, 0.25) is 15.9 Å². The van der Waals surface area contributed by atoms with Gasteiger partial charge in [0.25, 0.3) is 0 Å². The lowest BCUT2D eigenvalue weighted by Gasteiger charge is -2.25. The number of halogens is 1. The topological polar surface area (TPSA) is 89.3 Å². The monoisotopic (exact) mass is 314 g/mol. The van der Waals surface area contributed by atoms with Gasteiger partial charge in [-0.15, -0.1) is 0 Å². The number of anilines is 1. The van der Waals surface area contributed by atoms with Gasteiger partial charge in [0.1, 0.15) is 5.82 Å². The Morgan fingerprint density at radius 3 is 2.43 bits per heavy atom. The summed E-state index contributed by atoms with van der Waals surface area (Å²) in [5.41, 5.74) is -0.0222. The minimum Gasteiger partial charge on any atom is -0.323 e. The molecule has 0 unspecified atom stereocenters. The van der Waals surface area contributed by atoms with Gasteiger partial charge in [0.05, 0.1) is 10.6 Å². The largest absolute Gasteiger partial charge is 0.323 e. The van der Waals surface area contributed by atoms with Gasteiger partial charge in [-0.25, -0.2) is 17.9 Å². The standard InChI is InChI=1S/C14H19FN2O3S/c1-9-2-4-10(5-3-9)14(18)17-13-7-6-11(8-12(13)15)21(16,19)20/h6-10H,2-5H2,1H3,(H,17,18)(H2,16,19,20). The predicted molar refractivity (Wildman–Crippen MR) is 77.5 cm³/mol. The van der Waals surface area contributed by atoms with Crippen LogP contribution in [-0.4, -0.2) is 14.3 Å². The maximum atomic E-state index is 13.8. The summed E-state index contributed by atoms with van der Waals surface area (Å²) in [6.07, 6.45) is 3.57. The van der Waals surface area contributed by atoms with Gasteiger partial charge < -0.3 is 5.32 Å². The first-order valence-electron chi connectivity index (χ1n) is 6.90. The Morgan fingerprint density at radius 2 is 1.90 bits per heavy atom. The predicted octanol–water partition coefficient (Wildman–Crippen LogP) is 2.24. The lowest BCUT2D eigenvalue weighted by Crippen LogP contribution is -2.27. The number of primary sulfonamides is 1. The molecule has 0 spiro atoms. The number of nitrogens with two attached hydrogens (primary N) is 1. The number of benzene rings is 1. The fraction of sp³-hybridized carbons (Fsp3) is 0.500. The number of hydrogen-bond acceptors (Lipinski definition) is 3. The summed E-state index contributed by atoms with van der Waals surface area (Å²) in [6, 6.07) is 3.21. The van der Waals surface area contributed by atoms with Gasteiger partial charge in [0.15, 0.2) is 0 Å². The molecule has 2 rings (SSSR count). The highest BCUT2D eigenvalue weighted by Gasteiger charge is 2.25. The summed E-state index contributed by atoms with van der Waals surface area (Å²) in [5, 5.41) is 7.45. The zero-order valence-corrected chi connectivity index (χ0v) is 12.6. The van der Waals surface area contributed by atoms with Crippen molar-refractivity contribution < 1.29 is 17.6 Å². The SMILES string of the molecule is CC1CCC(C(=O)Nc2ccc(S(N)(=O)=O)cc2F)CC1. The Balaban J connectivity index is 2.08. The normalized spacial score (nSPS) is 22.8. The van der Waals surface area contributed by atoms with Gasteiger partial charge >= 0.3 is 0 Å². The zero-order chi connectivity index (χ0) is 15.6. The molecule has 1 fully saturated rings. The minimum atomic E-state index is -3.95. The molecule has 1 saturated carbocycles. The molecule has 0 atom stereocenters. The van der Waals surface area contributed by atoms with Gasteiger partial charge in [-0.1, -0.05) is 6.92 Å². The lowest BCUT2D eigenvalue weighted by molar-refractivity contribution is -0.121. The average molecular weight is 314 g/mol. The van der Waals surface area contributed by atoms with Crippen molar-refractivity contribution in [3.63, 3.8) is 0 Å². The molecule has 0 aliphatic heterocycles. The van der Waals surface area contributed by atoms with Gasteiger partial charge in [-0.05, 0) is 49.8 Å². The van der Waals surface area contributed by atoms with Crippen molar-refractivity contribution in [2.45, 2.75) is 37.5 Å². The maximum Gasteiger partial charge on any atom is 0.238 e. The second-order valence-electron chi connectivity index (χ2n) is 5.63. The summed E-state index contributed by atoms with van der Waals surface area (Å²) in [7, 11) is -3.95. The Hall–Kier alpha value is -1.47. The first-order valence-corrected chi connectivity index (χ1v) is 8.45. The number of nitrogens with one attached hydrogen (secondary N) is 1. The van der Waals surface area contributed by atoms with E-state index in [0.717, 1.165) is 31.7 Å². The molecule has 116 valence electrons. The molecule has 0 heterocycles. The molecule has 1 aromatic rings. The van der Waals surface area contributed by atoms with E-state index in [-0.39, 0.29) is 22.4 Å². The van der Waals surface area contributed by atoms with E-state index in [2.05, 4.69) is 12.2 Å². The molecule has 5 nitrogen and oxygen atoms in total. The van der Waals surface area contributed by atoms with Gasteiger partial charge in [0, 0.05) is 5.92 Å². The molecule has 21 heavy (non-hydrogen) atoms. The third-order valence-corrected chi connectivity index (χ3v) is 4.82. The Bertz CT molecular complexity index is 638. The molecule has 0 radical (unpaired) electrons. The highest BCUT2D eigenvalue weighted by molar-refractivity contribution is 7.89. The third kappa shape index (κ3) is 4.01. The van der Waals surface area contributed by atoms with Crippen molar-refractivity contribution >= 4 is 21.6 Å². The molecule has 3 N–H and O–H groups in total. The fourth-order valence-corrected chi connectivity index (χ4v) is 3.06. The van der Waals surface area contributed by atoms with Crippen molar-refractivity contribution in [3.8, 4) is 0 Å². The van der Waals surface area contributed by atoms with Gasteiger partial charge in [-0.2, -0.15) is 0 Å². The van der Waals surface area contributed by atoms with Crippen LogP contribution in [0.15, 0.2) is 23.1 Å². The van der Waals surface area contributed by atoms with E-state index in [1.165, 1.54) is 12.1 Å². The van der Waals surface area contributed by atoms with Crippen LogP contribution in [0.25, 0.3) is 0 Å². The summed E-state index contributed by atoms with van der Waals surface area (Å²) >= 11 is 0. The summed E-state index contributed by atoms with van der Waals surface area (Å²) in [5.74, 6) is -0.512. The minimum absolute atomic E-state index is 0.0222. The van der Waals surface area contributed by atoms with Crippen LogP contribution < -0.4 is 10.5 Å². The van der Waals surface area contributed by atoms with E-state index in [1.54, 1.807) is 0 Å².